The van der Waals surface area contributed by atoms with E-state index in [1.165, 1.54) is 24.0 Å². The number of benzene rings is 1. The van der Waals surface area contributed by atoms with Crippen LogP contribution in [-0.2, 0) is 6.42 Å². The normalized spacial score (nSPS) is 16.5. The Kier molecular flexibility index (Phi) is 12.2. The zero-order valence-electron chi connectivity index (χ0n) is 24.9. The van der Waals surface area contributed by atoms with Gasteiger partial charge in [-0.05, 0) is 86.1 Å². The van der Waals surface area contributed by atoms with Crippen LogP contribution in [0.3, 0.4) is 0 Å². The fraction of sp³-hybridized carbons (Fsp3) is 0.545. The molecule has 3 heterocycles. The van der Waals surface area contributed by atoms with E-state index in [2.05, 4.69) is 50.0 Å². The second kappa shape index (κ2) is 14.9. The van der Waals surface area contributed by atoms with Gasteiger partial charge in [0, 0.05) is 17.5 Å². The fourth-order valence-electron chi connectivity index (χ4n) is 5.01. The molecule has 0 saturated heterocycles. The number of rotatable bonds is 5. The average molecular weight is 504 g/mol. The minimum Gasteiger partial charge on any atom is -0.484 e. The Labute approximate surface area is 226 Å². The summed E-state index contributed by atoms with van der Waals surface area (Å²) < 4.78 is 6.46. The van der Waals surface area contributed by atoms with Crippen LogP contribution in [-0.4, -0.2) is 15.0 Å². The summed E-state index contributed by atoms with van der Waals surface area (Å²) in [5.74, 6) is 3.17. The largest absolute Gasteiger partial charge is 0.484 e. The van der Waals surface area contributed by atoms with Crippen molar-refractivity contribution in [1.82, 2.24) is 15.0 Å². The third-order valence-electron chi connectivity index (χ3n) is 6.79. The average Bonchev–Trinajstić information content (AvgIpc) is 3.78. The van der Waals surface area contributed by atoms with Gasteiger partial charge in [0.25, 0.3) is 0 Å². The van der Waals surface area contributed by atoms with E-state index >= 15 is 0 Å². The van der Waals surface area contributed by atoms with Gasteiger partial charge in [0.1, 0.15) is 11.9 Å². The summed E-state index contributed by atoms with van der Waals surface area (Å²) in [5.41, 5.74) is 7.72. The van der Waals surface area contributed by atoms with Gasteiger partial charge in [-0.2, -0.15) is 0 Å². The van der Waals surface area contributed by atoms with Gasteiger partial charge in [-0.15, -0.1) is 0 Å². The van der Waals surface area contributed by atoms with Gasteiger partial charge in [-0.1, -0.05) is 67.5 Å². The van der Waals surface area contributed by atoms with Crippen LogP contribution in [0.5, 0.6) is 5.75 Å². The van der Waals surface area contributed by atoms with Crippen LogP contribution in [0, 0.1) is 25.7 Å². The minimum absolute atomic E-state index is 0.0389. The Morgan fingerprint density at radius 3 is 2.11 bits per heavy atom. The first kappa shape index (κ1) is 30.5. The predicted octanol–water partition coefficient (Wildman–Crippen LogP) is 9.45. The molecule has 3 aromatic rings. The first-order valence-electron chi connectivity index (χ1n) is 14.5. The van der Waals surface area contributed by atoms with Crippen LogP contribution in [0.1, 0.15) is 115 Å². The molecule has 4 heteroatoms. The van der Waals surface area contributed by atoms with Gasteiger partial charge in [0.2, 0.25) is 0 Å². The second-order valence-electron chi connectivity index (χ2n) is 9.59. The van der Waals surface area contributed by atoms with Crippen molar-refractivity contribution in [2.45, 2.75) is 107 Å². The minimum atomic E-state index is -0.0389. The van der Waals surface area contributed by atoms with Crippen LogP contribution in [0.15, 0.2) is 42.9 Å². The van der Waals surface area contributed by atoms with Crippen molar-refractivity contribution >= 4 is 0 Å². The Bertz CT molecular complexity index is 1090. The van der Waals surface area contributed by atoms with E-state index in [0.717, 1.165) is 52.7 Å². The summed E-state index contributed by atoms with van der Waals surface area (Å²) in [6.07, 6.45) is 10.3. The lowest BCUT2D eigenvalue weighted by molar-refractivity contribution is 0.171. The molecule has 2 atom stereocenters. The number of aromatic nitrogens is 3. The maximum Gasteiger partial charge on any atom is 0.142 e. The molecule has 1 aromatic carbocycles. The van der Waals surface area contributed by atoms with Crippen molar-refractivity contribution < 1.29 is 4.74 Å². The predicted molar refractivity (Wildman–Crippen MR) is 157 cm³/mol. The molecule has 1 saturated carbocycles. The molecule has 0 amide bonds. The molecule has 2 aliphatic rings. The Hall–Kier alpha value is -2.75. The van der Waals surface area contributed by atoms with Gasteiger partial charge in [-0.3, -0.25) is 15.0 Å². The molecule has 0 bridgehead atoms. The molecule has 4 nitrogen and oxygen atoms in total. The lowest BCUT2D eigenvalue weighted by atomic mass is 9.83. The van der Waals surface area contributed by atoms with E-state index < -0.39 is 0 Å². The van der Waals surface area contributed by atoms with Crippen molar-refractivity contribution in [2.75, 3.05) is 0 Å². The van der Waals surface area contributed by atoms with Gasteiger partial charge in [0.05, 0.1) is 23.8 Å². The number of nitrogens with zero attached hydrogens (tertiary/aromatic N) is 3. The lowest BCUT2D eigenvalue weighted by Gasteiger charge is -2.28. The number of pyridine rings is 1. The number of fused-ring (bicyclic) bond motifs is 1. The zero-order chi connectivity index (χ0) is 27.5. The second-order valence-corrected chi connectivity index (χ2v) is 9.59. The molecule has 1 aliphatic carbocycles. The van der Waals surface area contributed by atoms with Crippen LogP contribution < -0.4 is 4.74 Å². The van der Waals surface area contributed by atoms with Gasteiger partial charge >= 0.3 is 0 Å². The van der Waals surface area contributed by atoms with E-state index in [1.54, 1.807) is 0 Å². The van der Waals surface area contributed by atoms with Gasteiger partial charge < -0.3 is 4.74 Å². The summed E-state index contributed by atoms with van der Waals surface area (Å²) in [6, 6.07) is 8.98. The van der Waals surface area contributed by atoms with Crippen molar-refractivity contribution in [3.8, 4) is 17.0 Å². The van der Waals surface area contributed by atoms with Gasteiger partial charge in [-0.25, -0.2) is 0 Å². The van der Waals surface area contributed by atoms with Crippen LogP contribution in [0.4, 0.5) is 0 Å². The van der Waals surface area contributed by atoms with Gasteiger partial charge in [0.15, 0.2) is 0 Å². The molecule has 0 spiro atoms. The van der Waals surface area contributed by atoms with E-state index in [0.29, 0.717) is 11.8 Å². The Morgan fingerprint density at radius 1 is 0.811 bits per heavy atom. The molecule has 37 heavy (non-hydrogen) atoms. The molecule has 0 radical (unpaired) electrons. The third kappa shape index (κ3) is 7.63. The smallest absolute Gasteiger partial charge is 0.142 e. The summed E-state index contributed by atoms with van der Waals surface area (Å²) in [6.45, 7) is 20.7. The highest BCUT2D eigenvalue weighted by molar-refractivity contribution is 5.62. The summed E-state index contributed by atoms with van der Waals surface area (Å²) in [5, 5.41) is 0. The highest BCUT2D eigenvalue weighted by Crippen LogP contribution is 2.48. The summed E-state index contributed by atoms with van der Waals surface area (Å²) >= 11 is 0. The molecule has 1 aliphatic heterocycles. The maximum atomic E-state index is 6.46. The first-order chi connectivity index (χ1) is 18.0. The van der Waals surface area contributed by atoms with E-state index in [4.69, 9.17) is 14.7 Å². The lowest BCUT2D eigenvalue weighted by Crippen LogP contribution is -2.17. The first-order valence-corrected chi connectivity index (χ1v) is 14.5. The van der Waals surface area contributed by atoms with Crippen molar-refractivity contribution in [3.05, 3.63) is 70.9 Å². The molecule has 5 rings (SSSR count). The molecule has 1 unspecified atom stereocenters. The highest BCUT2D eigenvalue weighted by atomic mass is 16.5. The van der Waals surface area contributed by atoms with E-state index in [9.17, 15) is 0 Å². The quantitative estimate of drug-likeness (QED) is 0.348. The topological polar surface area (TPSA) is 47.9 Å². The van der Waals surface area contributed by atoms with E-state index in [-0.39, 0.29) is 6.10 Å². The monoisotopic (exact) mass is 503 g/mol. The molecule has 202 valence electrons. The van der Waals surface area contributed by atoms with E-state index in [1.807, 2.05) is 67.1 Å². The Morgan fingerprint density at radius 2 is 1.51 bits per heavy atom. The molecule has 0 N–H and O–H groups in total. The SMILES string of the molecule is CC.CC.CC.Cc1cc(-c2cnc(C3CCc4ccc([C@@H](C(C)C)C5CC5)cc4O3)cn2)c(C)cn1. The fourth-order valence-corrected chi connectivity index (χ4v) is 5.01. The number of aryl methyl sites for hydroxylation is 3. The van der Waals surface area contributed by atoms with Crippen LogP contribution >= 0.6 is 0 Å². The highest BCUT2D eigenvalue weighted by Gasteiger charge is 2.35. The van der Waals surface area contributed by atoms with Crippen LogP contribution in [0.2, 0.25) is 0 Å². The summed E-state index contributed by atoms with van der Waals surface area (Å²) in [7, 11) is 0. The number of hydrogen-bond donors (Lipinski definition) is 0. The maximum absolute atomic E-state index is 6.46. The third-order valence-corrected chi connectivity index (χ3v) is 6.79. The molecular weight excluding hydrogens is 454 g/mol. The number of ether oxygens (including phenoxy) is 1. The Balaban J connectivity index is 0.000000750. The van der Waals surface area contributed by atoms with Crippen molar-refractivity contribution in [1.29, 1.82) is 0 Å². The molecule has 2 aromatic heterocycles. The van der Waals surface area contributed by atoms with Crippen molar-refractivity contribution in [3.63, 3.8) is 0 Å². The zero-order valence-corrected chi connectivity index (χ0v) is 24.9. The van der Waals surface area contributed by atoms with Crippen molar-refractivity contribution in [2.24, 2.45) is 11.8 Å². The summed E-state index contributed by atoms with van der Waals surface area (Å²) in [4.78, 5) is 13.8. The van der Waals surface area contributed by atoms with Crippen LogP contribution in [0.25, 0.3) is 11.3 Å². The molecule has 1 fully saturated rings. The number of hydrogen-bond acceptors (Lipinski definition) is 4. The standard InChI is InChI=1S/C27H31N3O.3C2H6/c1-16(2)27(20-6-7-20)21-8-5-19-9-10-25(31-26(19)12-21)24-15-29-23(14-30-24)22-11-18(4)28-13-17(22)3;3*1-2/h5,8,11-16,20,25,27H,6-7,9-10H2,1-4H3;3*1-2H3/t25?,27-;;;/m0.../s1. The molecular formula is C33H49N3O.